The van der Waals surface area contributed by atoms with Crippen molar-refractivity contribution in [2.24, 2.45) is 0 Å². The average molecular weight is 366 g/mol. The zero-order chi connectivity index (χ0) is 13.5. The Labute approximate surface area is 128 Å². The first kappa shape index (κ1) is 14.3. The van der Waals surface area contributed by atoms with Crippen molar-refractivity contribution in [3.8, 4) is 5.75 Å². The number of hydrogen-bond donors (Lipinski definition) is 1. The molecular weight excluding hydrogens is 349 g/mol. The minimum absolute atomic E-state index is 0.0353. The van der Waals surface area contributed by atoms with Gasteiger partial charge in [0.2, 0.25) is 0 Å². The van der Waals surface area contributed by atoms with E-state index < -0.39 is 0 Å². The van der Waals surface area contributed by atoms with Gasteiger partial charge >= 0.3 is 0 Å². The quantitative estimate of drug-likeness (QED) is 0.785. The zero-order valence-electron chi connectivity index (χ0n) is 10.8. The molecule has 0 fully saturated rings. The molecule has 2 nitrogen and oxygen atoms in total. The van der Waals surface area contributed by atoms with E-state index >= 15 is 0 Å². The molecule has 99 valence electrons. The predicted molar refractivity (Wildman–Crippen MR) is 87.2 cm³/mol. The molecule has 1 unspecified atom stereocenters. The highest BCUT2D eigenvalue weighted by atomic mass is 127. The molecule has 0 spiro atoms. The predicted octanol–water partition coefficient (Wildman–Crippen LogP) is 3.83. The lowest BCUT2D eigenvalue weighted by Gasteiger charge is -2.19. The molecule has 0 saturated heterocycles. The molecule has 0 saturated carbocycles. The topological polar surface area (TPSA) is 21.3 Å². The van der Waals surface area contributed by atoms with E-state index in [0.717, 1.165) is 17.9 Å². The van der Waals surface area contributed by atoms with Crippen LogP contribution in [0.25, 0.3) is 0 Å². The monoisotopic (exact) mass is 366 g/mol. The number of halogens is 1. The summed E-state index contributed by atoms with van der Waals surface area (Å²) in [4.78, 5) is 0. The van der Waals surface area contributed by atoms with Crippen LogP contribution in [-0.4, -0.2) is 13.6 Å². The highest BCUT2D eigenvalue weighted by molar-refractivity contribution is 14.1. The zero-order valence-corrected chi connectivity index (χ0v) is 13.0. The van der Waals surface area contributed by atoms with Gasteiger partial charge < -0.3 is 10.1 Å². The van der Waals surface area contributed by atoms with Crippen molar-refractivity contribution in [2.75, 3.05) is 13.6 Å². The second kappa shape index (κ2) is 7.50. The fourth-order valence-corrected chi connectivity index (χ4v) is 2.32. The minimum Gasteiger partial charge on any atom is -0.485 e. The van der Waals surface area contributed by atoms with Gasteiger partial charge in [-0.25, -0.2) is 0 Å². The van der Waals surface area contributed by atoms with E-state index in [1.807, 2.05) is 43.4 Å². The molecule has 3 heteroatoms. The average Bonchev–Trinajstić information content (AvgIpc) is 2.44. The third-order valence-corrected chi connectivity index (χ3v) is 3.39. The Bertz CT molecular complexity index is 501. The maximum absolute atomic E-state index is 6.08. The number of benzene rings is 2. The van der Waals surface area contributed by atoms with Crippen LogP contribution in [0.5, 0.6) is 5.75 Å². The Hall–Kier alpha value is -1.07. The normalized spacial score (nSPS) is 12.1. The van der Waals surface area contributed by atoms with Gasteiger partial charge in [-0.1, -0.05) is 36.4 Å². The Balaban J connectivity index is 2.14. The van der Waals surface area contributed by atoms with Gasteiger partial charge in [-0.2, -0.15) is 0 Å². The summed E-state index contributed by atoms with van der Waals surface area (Å²) in [6, 6.07) is 18.4. The van der Waals surface area contributed by atoms with Crippen LogP contribution in [0.3, 0.4) is 0 Å². The standard InChI is InChI=1S/C16H17INO/c1-18-11-10-16(13-6-3-2-4-7-13)19-15-9-5-8-14(17)12-15/h2-10,12,16,18H,11H2,1H3. The van der Waals surface area contributed by atoms with Crippen LogP contribution in [0, 0.1) is 9.99 Å². The van der Waals surface area contributed by atoms with Crippen LogP contribution in [-0.2, 0) is 0 Å². The van der Waals surface area contributed by atoms with Crippen LogP contribution in [0.15, 0.2) is 54.6 Å². The molecule has 1 radical (unpaired) electrons. The summed E-state index contributed by atoms with van der Waals surface area (Å²) in [6.07, 6.45) is 2.10. The maximum atomic E-state index is 6.08. The Morgan fingerprint density at radius 2 is 1.95 bits per heavy atom. The van der Waals surface area contributed by atoms with Crippen molar-refractivity contribution in [3.63, 3.8) is 0 Å². The molecule has 1 N–H and O–H groups in total. The first-order chi connectivity index (χ1) is 9.29. The van der Waals surface area contributed by atoms with Crippen LogP contribution in [0.4, 0.5) is 0 Å². The van der Waals surface area contributed by atoms with Gasteiger partial charge in [0.25, 0.3) is 0 Å². The maximum Gasteiger partial charge on any atom is 0.128 e. The molecule has 2 aromatic rings. The molecule has 2 rings (SSSR count). The third-order valence-electron chi connectivity index (χ3n) is 2.72. The smallest absolute Gasteiger partial charge is 0.128 e. The van der Waals surface area contributed by atoms with E-state index in [2.05, 4.69) is 52.5 Å². The lowest BCUT2D eigenvalue weighted by Crippen LogP contribution is -2.17. The minimum atomic E-state index is -0.0353. The largest absolute Gasteiger partial charge is 0.485 e. The van der Waals surface area contributed by atoms with Gasteiger partial charge in [0.05, 0.1) is 0 Å². The Morgan fingerprint density at radius 1 is 1.16 bits per heavy atom. The van der Waals surface area contributed by atoms with E-state index in [1.54, 1.807) is 0 Å². The van der Waals surface area contributed by atoms with E-state index in [4.69, 9.17) is 4.74 Å². The van der Waals surface area contributed by atoms with E-state index in [1.165, 1.54) is 3.57 Å². The first-order valence-corrected chi connectivity index (χ1v) is 7.32. The molecule has 2 aromatic carbocycles. The SMILES string of the molecule is CNC[CH]C(Oc1cccc(I)c1)c1ccccc1. The summed E-state index contributed by atoms with van der Waals surface area (Å²) >= 11 is 2.29. The van der Waals surface area contributed by atoms with Crippen LogP contribution in [0.2, 0.25) is 0 Å². The third kappa shape index (κ3) is 4.51. The van der Waals surface area contributed by atoms with Crippen LogP contribution in [0.1, 0.15) is 11.7 Å². The van der Waals surface area contributed by atoms with E-state index in [9.17, 15) is 0 Å². The van der Waals surface area contributed by atoms with Crippen molar-refractivity contribution in [3.05, 3.63) is 70.2 Å². The number of hydrogen-bond acceptors (Lipinski definition) is 2. The Kier molecular flexibility index (Phi) is 5.66. The molecule has 0 aliphatic rings. The Morgan fingerprint density at radius 3 is 2.63 bits per heavy atom. The lowest BCUT2D eigenvalue weighted by molar-refractivity contribution is 0.235. The van der Waals surface area contributed by atoms with Gasteiger partial charge in [-0.3, -0.25) is 0 Å². The summed E-state index contributed by atoms with van der Waals surface area (Å²) in [6.45, 7) is 0.809. The van der Waals surface area contributed by atoms with Gasteiger partial charge in [0.1, 0.15) is 11.9 Å². The molecule has 0 heterocycles. The molecule has 0 amide bonds. The van der Waals surface area contributed by atoms with Gasteiger partial charge in [-0.05, 0) is 53.4 Å². The van der Waals surface area contributed by atoms with Crippen LogP contribution < -0.4 is 10.1 Å². The fourth-order valence-electron chi connectivity index (χ4n) is 1.81. The van der Waals surface area contributed by atoms with E-state index in [0.29, 0.717) is 0 Å². The van der Waals surface area contributed by atoms with Crippen molar-refractivity contribution in [1.29, 1.82) is 0 Å². The summed E-state index contributed by atoms with van der Waals surface area (Å²) in [5, 5.41) is 3.13. The van der Waals surface area contributed by atoms with Crippen molar-refractivity contribution in [2.45, 2.75) is 6.10 Å². The summed E-state index contributed by atoms with van der Waals surface area (Å²) in [7, 11) is 1.93. The van der Waals surface area contributed by atoms with Crippen molar-refractivity contribution < 1.29 is 4.74 Å². The van der Waals surface area contributed by atoms with Gasteiger partial charge in [-0.15, -0.1) is 0 Å². The first-order valence-electron chi connectivity index (χ1n) is 6.24. The molecule has 0 aliphatic heterocycles. The highest BCUT2D eigenvalue weighted by Crippen LogP contribution is 2.25. The van der Waals surface area contributed by atoms with Crippen LogP contribution >= 0.6 is 22.6 Å². The van der Waals surface area contributed by atoms with Gasteiger partial charge in [0.15, 0.2) is 0 Å². The lowest BCUT2D eigenvalue weighted by atomic mass is 10.1. The van der Waals surface area contributed by atoms with Gasteiger partial charge in [0, 0.05) is 16.5 Å². The highest BCUT2D eigenvalue weighted by Gasteiger charge is 2.13. The van der Waals surface area contributed by atoms with E-state index in [-0.39, 0.29) is 6.10 Å². The summed E-state index contributed by atoms with van der Waals surface area (Å²) in [5.74, 6) is 0.896. The molecule has 0 bridgehead atoms. The number of rotatable bonds is 6. The second-order valence-corrected chi connectivity index (χ2v) is 5.45. The molecule has 19 heavy (non-hydrogen) atoms. The number of ether oxygens (including phenoxy) is 1. The summed E-state index contributed by atoms with van der Waals surface area (Å²) in [5.41, 5.74) is 1.16. The molecule has 0 aromatic heterocycles. The number of nitrogens with one attached hydrogen (secondary N) is 1. The fraction of sp³-hybridized carbons (Fsp3) is 0.188. The second-order valence-electron chi connectivity index (χ2n) is 4.20. The summed E-state index contributed by atoms with van der Waals surface area (Å²) < 4.78 is 7.26. The molecule has 0 aliphatic carbocycles. The van der Waals surface area contributed by atoms with Crippen molar-refractivity contribution >= 4 is 22.6 Å². The molecule has 1 atom stereocenters. The molecular formula is C16H17INO. The van der Waals surface area contributed by atoms with Crippen molar-refractivity contribution in [1.82, 2.24) is 5.32 Å².